The minimum atomic E-state index is -4.58. The molecule has 318 valence electrons. The summed E-state index contributed by atoms with van der Waals surface area (Å²) in [6.45, 7) is 4.42. The first-order valence-electron chi connectivity index (χ1n) is 21.8. The monoisotopic (exact) mass is 791 g/mol. The van der Waals surface area contributed by atoms with Crippen molar-refractivity contribution in [2.24, 2.45) is 0 Å². The Hall–Kier alpha value is -2.06. The zero-order valence-corrected chi connectivity index (χ0v) is 36.7. The number of amides is 1. The second kappa shape index (κ2) is 37.5. The molecule has 3 unspecified atom stereocenters. The summed E-state index contributed by atoms with van der Waals surface area (Å²) in [6, 6.07) is -0.887. The maximum absolute atomic E-state index is 12.8. The smallest absolute Gasteiger partial charge is 0.268 e. The fourth-order valence-corrected chi connectivity index (χ4v) is 6.43. The van der Waals surface area contributed by atoms with Gasteiger partial charge < -0.3 is 28.8 Å². The van der Waals surface area contributed by atoms with Crippen molar-refractivity contribution in [3.8, 4) is 0 Å². The Bertz CT molecular complexity index is 1120. The Balaban J connectivity index is 4.09. The molecule has 0 aromatic carbocycles. The molecule has 0 aliphatic carbocycles. The average molecular weight is 791 g/mol. The van der Waals surface area contributed by atoms with Crippen molar-refractivity contribution >= 4 is 13.7 Å². The van der Waals surface area contributed by atoms with Crippen molar-refractivity contribution < 1.29 is 32.9 Å². The van der Waals surface area contributed by atoms with Crippen molar-refractivity contribution in [1.82, 2.24) is 5.32 Å². The fraction of sp³-hybridized carbons (Fsp3) is 0.717. The van der Waals surface area contributed by atoms with Gasteiger partial charge >= 0.3 is 0 Å². The summed E-state index contributed by atoms with van der Waals surface area (Å²) >= 11 is 0. The molecule has 8 nitrogen and oxygen atoms in total. The largest absolute Gasteiger partial charge is 0.756 e. The third-order valence-corrected chi connectivity index (χ3v) is 10.1. The normalized spacial score (nSPS) is 15.1. The summed E-state index contributed by atoms with van der Waals surface area (Å²) in [5, 5.41) is 13.6. The molecular weight excluding hydrogens is 707 g/mol. The topological polar surface area (TPSA) is 108 Å². The van der Waals surface area contributed by atoms with E-state index in [1.165, 1.54) is 64.2 Å². The number of nitrogens with zero attached hydrogens (tertiary/aromatic N) is 1. The third kappa shape index (κ3) is 40.0. The number of hydrogen-bond acceptors (Lipinski definition) is 6. The van der Waals surface area contributed by atoms with Crippen molar-refractivity contribution in [3.05, 3.63) is 72.9 Å². The van der Waals surface area contributed by atoms with E-state index >= 15 is 0 Å². The highest BCUT2D eigenvalue weighted by atomic mass is 31.2. The molecule has 0 radical (unpaired) electrons. The first-order valence-corrected chi connectivity index (χ1v) is 23.3. The number of carbonyl (C=O) groups excluding carboxylic acids is 1. The summed E-state index contributed by atoms with van der Waals surface area (Å²) in [5.41, 5.74) is 0. The number of phosphoric ester groups is 1. The van der Waals surface area contributed by atoms with Crippen LogP contribution >= 0.6 is 7.82 Å². The highest BCUT2D eigenvalue weighted by molar-refractivity contribution is 7.45. The van der Waals surface area contributed by atoms with Gasteiger partial charge in [-0.3, -0.25) is 9.36 Å². The van der Waals surface area contributed by atoms with Crippen LogP contribution in [-0.4, -0.2) is 68.5 Å². The van der Waals surface area contributed by atoms with Crippen LogP contribution in [0.3, 0.4) is 0 Å². The highest BCUT2D eigenvalue weighted by Crippen LogP contribution is 2.38. The Morgan fingerprint density at radius 2 is 1.11 bits per heavy atom. The molecule has 0 aliphatic heterocycles. The van der Waals surface area contributed by atoms with Gasteiger partial charge in [-0.25, -0.2) is 0 Å². The van der Waals surface area contributed by atoms with Gasteiger partial charge in [0, 0.05) is 6.42 Å². The van der Waals surface area contributed by atoms with E-state index in [1.54, 1.807) is 6.08 Å². The number of nitrogens with one attached hydrogen (secondary N) is 1. The second-order valence-corrected chi connectivity index (χ2v) is 17.1. The molecule has 0 aromatic rings. The van der Waals surface area contributed by atoms with Crippen LogP contribution in [0.5, 0.6) is 0 Å². The first kappa shape index (κ1) is 52.9. The fourth-order valence-electron chi connectivity index (χ4n) is 5.71. The van der Waals surface area contributed by atoms with Crippen LogP contribution in [0.1, 0.15) is 162 Å². The van der Waals surface area contributed by atoms with E-state index in [0.29, 0.717) is 17.4 Å². The predicted octanol–water partition coefficient (Wildman–Crippen LogP) is 11.4. The van der Waals surface area contributed by atoms with Crippen molar-refractivity contribution in [2.75, 3.05) is 40.9 Å². The van der Waals surface area contributed by atoms with Crippen LogP contribution in [0, 0.1) is 0 Å². The van der Waals surface area contributed by atoms with Gasteiger partial charge in [-0.05, 0) is 64.2 Å². The molecule has 2 N–H and O–H groups in total. The number of phosphoric acid groups is 1. The molecule has 0 heterocycles. The number of rotatable bonds is 38. The molecule has 0 aromatic heterocycles. The molecule has 3 atom stereocenters. The van der Waals surface area contributed by atoms with Gasteiger partial charge in [0.2, 0.25) is 5.91 Å². The lowest BCUT2D eigenvalue weighted by Gasteiger charge is -2.29. The molecule has 0 saturated carbocycles. The predicted molar refractivity (Wildman–Crippen MR) is 233 cm³/mol. The zero-order chi connectivity index (χ0) is 40.7. The number of aliphatic hydroxyl groups excluding tert-OH is 1. The van der Waals surface area contributed by atoms with E-state index in [-0.39, 0.29) is 19.1 Å². The van der Waals surface area contributed by atoms with Gasteiger partial charge in [0.25, 0.3) is 7.82 Å². The Labute approximate surface area is 338 Å². The molecule has 0 rings (SSSR count). The van der Waals surface area contributed by atoms with Crippen LogP contribution < -0.4 is 10.2 Å². The lowest BCUT2D eigenvalue weighted by atomic mass is 10.0. The standard InChI is InChI=1S/C46H83N2O6P/c1-6-8-10-12-14-15-16-17-18-19-20-21-22-23-24-25-26-27-28-29-30-31-32-33-34-36-38-40-46(50)47-44(45(49)39-37-35-13-11-9-7-2)43-54-55(51,52)53-42-41-48(3,4)5/h8,10,14-15,17-18,20-21,23-24,37,39,44-45,49H,6-7,9,11-13,16,19,22,25-36,38,40-43H2,1-5H3,(H-,47,50,51,52)/b10-8-,15-14-,18-17-,21-20-,24-23-,39-37+. The third-order valence-electron chi connectivity index (χ3n) is 9.17. The van der Waals surface area contributed by atoms with Gasteiger partial charge in [-0.2, -0.15) is 0 Å². The Morgan fingerprint density at radius 1 is 0.655 bits per heavy atom. The van der Waals surface area contributed by atoms with Crippen molar-refractivity contribution in [3.63, 3.8) is 0 Å². The van der Waals surface area contributed by atoms with Crippen LogP contribution in [0.2, 0.25) is 0 Å². The minimum absolute atomic E-state index is 0.00546. The lowest BCUT2D eigenvalue weighted by molar-refractivity contribution is -0.870. The van der Waals surface area contributed by atoms with Gasteiger partial charge in [0.15, 0.2) is 0 Å². The maximum atomic E-state index is 12.8. The molecular formula is C46H83N2O6P. The number of hydrogen-bond donors (Lipinski definition) is 2. The average Bonchev–Trinajstić information content (AvgIpc) is 3.13. The quantitative estimate of drug-likeness (QED) is 0.0279. The first-order chi connectivity index (χ1) is 26.5. The Morgan fingerprint density at radius 3 is 1.62 bits per heavy atom. The second-order valence-electron chi connectivity index (χ2n) is 15.7. The molecule has 9 heteroatoms. The van der Waals surface area contributed by atoms with E-state index in [9.17, 15) is 19.4 Å². The van der Waals surface area contributed by atoms with Crippen molar-refractivity contribution in [2.45, 2.75) is 174 Å². The molecule has 1 amide bonds. The highest BCUT2D eigenvalue weighted by Gasteiger charge is 2.23. The molecule has 0 aliphatic rings. The van der Waals surface area contributed by atoms with Crippen LogP contribution in [0.25, 0.3) is 0 Å². The van der Waals surface area contributed by atoms with Crippen LogP contribution in [0.4, 0.5) is 0 Å². The molecule has 0 spiro atoms. The van der Waals surface area contributed by atoms with Crippen molar-refractivity contribution in [1.29, 1.82) is 0 Å². The van der Waals surface area contributed by atoms with Gasteiger partial charge in [-0.1, -0.05) is 164 Å². The number of likely N-dealkylation sites (N-methyl/N-ethyl adjacent to an activating group) is 1. The van der Waals surface area contributed by atoms with E-state index in [1.807, 2.05) is 27.2 Å². The van der Waals surface area contributed by atoms with E-state index in [4.69, 9.17) is 9.05 Å². The summed E-state index contributed by atoms with van der Waals surface area (Å²) in [6.07, 6.45) is 49.9. The number of carbonyl (C=O) groups is 1. The molecule has 0 saturated heterocycles. The number of unbranched alkanes of at least 4 members (excludes halogenated alkanes) is 15. The van der Waals surface area contributed by atoms with E-state index in [2.05, 4.69) is 79.9 Å². The summed E-state index contributed by atoms with van der Waals surface area (Å²) < 4.78 is 23.0. The van der Waals surface area contributed by atoms with Gasteiger partial charge in [0.1, 0.15) is 13.2 Å². The zero-order valence-electron chi connectivity index (χ0n) is 35.9. The summed E-state index contributed by atoms with van der Waals surface area (Å²) in [7, 11) is 1.24. The van der Waals surface area contributed by atoms with Gasteiger partial charge in [-0.15, -0.1) is 0 Å². The molecule has 0 fully saturated rings. The van der Waals surface area contributed by atoms with E-state index < -0.39 is 20.0 Å². The number of quaternary nitrogens is 1. The Kier molecular flexibility index (Phi) is 36.1. The summed E-state index contributed by atoms with van der Waals surface area (Å²) in [5.74, 6) is -0.211. The van der Waals surface area contributed by atoms with Crippen LogP contribution in [-0.2, 0) is 18.4 Å². The molecule has 0 bridgehead atoms. The SMILES string of the molecule is CC/C=C\C/C=C\C/C=C\C/C=C\C/C=C\CCCCCCCCCCCCCC(=O)NC(COP(=O)([O-])OCC[N+](C)(C)C)C(O)/C=C/CCCCCC. The lowest BCUT2D eigenvalue weighted by Crippen LogP contribution is -2.45. The van der Waals surface area contributed by atoms with E-state index in [0.717, 1.165) is 77.0 Å². The summed E-state index contributed by atoms with van der Waals surface area (Å²) in [4.78, 5) is 25.1. The van der Waals surface area contributed by atoms with Gasteiger partial charge in [0.05, 0.1) is 39.9 Å². The number of allylic oxidation sites excluding steroid dienone is 11. The maximum Gasteiger partial charge on any atom is 0.268 e. The number of aliphatic hydroxyl groups is 1. The molecule has 55 heavy (non-hydrogen) atoms. The minimum Gasteiger partial charge on any atom is -0.756 e. The van der Waals surface area contributed by atoms with Crippen LogP contribution in [0.15, 0.2) is 72.9 Å².